The van der Waals surface area contributed by atoms with E-state index in [1.54, 1.807) is 18.2 Å². The zero-order valence-corrected chi connectivity index (χ0v) is 12.0. The summed E-state index contributed by atoms with van der Waals surface area (Å²) in [5.74, 6) is 0.684. The summed E-state index contributed by atoms with van der Waals surface area (Å²) < 4.78 is 0.964. The molecule has 4 heteroatoms. The molecule has 17 heavy (non-hydrogen) atoms. The zero-order chi connectivity index (χ0) is 12.4. The Morgan fingerprint density at radius 3 is 2.82 bits per heavy atom. The molecule has 92 valence electrons. The van der Waals surface area contributed by atoms with Crippen LogP contribution in [0.3, 0.4) is 0 Å². The molecule has 1 aliphatic carbocycles. The summed E-state index contributed by atoms with van der Waals surface area (Å²) in [6.45, 7) is 3.49. The number of aromatic hydroxyl groups is 1. The Hall–Kier alpha value is -0.780. The molecule has 1 fully saturated rings. The molecule has 0 heterocycles. The number of halogens is 1. The number of phenolic OH excluding ortho intramolecular Hbond substituents is 1. The van der Waals surface area contributed by atoms with Gasteiger partial charge in [-0.1, -0.05) is 0 Å². The lowest BCUT2D eigenvalue weighted by atomic mass is 10.1. The number of phenols is 1. The first kappa shape index (κ1) is 12.7. The van der Waals surface area contributed by atoms with E-state index in [-0.39, 0.29) is 11.7 Å². The van der Waals surface area contributed by atoms with Gasteiger partial charge < -0.3 is 10.0 Å². The molecule has 1 aromatic rings. The molecule has 0 spiro atoms. The molecule has 2 rings (SSSR count). The molecule has 1 saturated carbocycles. The minimum atomic E-state index is -0.0598. The van der Waals surface area contributed by atoms with E-state index >= 15 is 0 Å². The van der Waals surface area contributed by atoms with Crippen molar-refractivity contribution in [2.75, 3.05) is 13.1 Å². The van der Waals surface area contributed by atoms with Crippen LogP contribution in [0.5, 0.6) is 5.75 Å². The van der Waals surface area contributed by atoms with Crippen LogP contribution in [0.15, 0.2) is 18.2 Å². The number of nitrogens with zero attached hydrogens (tertiary/aromatic N) is 1. The van der Waals surface area contributed by atoms with Crippen molar-refractivity contribution in [3.8, 4) is 5.75 Å². The molecule has 0 aromatic heterocycles. The van der Waals surface area contributed by atoms with Gasteiger partial charge in [-0.25, -0.2) is 0 Å². The van der Waals surface area contributed by atoms with Gasteiger partial charge in [0.25, 0.3) is 5.91 Å². The Balaban J connectivity index is 2.18. The van der Waals surface area contributed by atoms with Crippen molar-refractivity contribution in [2.24, 2.45) is 5.92 Å². The summed E-state index contributed by atoms with van der Waals surface area (Å²) in [6.07, 6.45) is 2.45. The van der Waals surface area contributed by atoms with E-state index in [1.165, 1.54) is 12.8 Å². The molecule has 0 unspecified atom stereocenters. The van der Waals surface area contributed by atoms with Gasteiger partial charge in [-0.2, -0.15) is 0 Å². The molecule has 0 atom stereocenters. The van der Waals surface area contributed by atoms with Crippen LogP contribution in [-0.2, 0) is 0 Å². The monoisotopic (exact) mass is 345 g/mol. The molecule has 3 nitrogen and oxygen atoms in total. The maximum absolute atomic E-state index is 12.3. The van der Waals surface area contributed by atoms with Gasteiger partial charge in [0, 0.05) is 16.7 Å². The van der Waals surface area contributed by atoms with Crippen LogP contribution >= 0.6 is 22.6 Å². The topological polar surface area (TPSA) is 40.5 Å². The first-order valence-corrected chi connectivity index (χ1v) is 6.97. The van der Waals surface area contributed by atoms with Crippen molar-refractivity contribution in [1.82, 2.24) is 4.90 Å². The first-order valence-electron chi connectivity index (χ1n) is 5.89. The van der Waals surface area contributed by atoms with E-state index in [4.69, 9.17) is 0 Å². The van der Waals surface area contributed by atoms with Gasteiger partial charge >= 0.3 is 0 Å². The van der Waals surface area contributed by atoms with E-state index in [9.17, 15) is 9.90 Å². The maximum atomic E-state index is 12.3. The zero-order valence-electron chi connectivity index (χ0n) is 9.82. The lowest BCUT2D eigenvalue weighted by molar-refractivity contribution is 0.0754. The van der Waals surface area contributed by atoms with Crippen molar-refractivity contribution >= 4 is 28.5 Å². The van der Waals surface area contributed by atoms with Crippen LogP contribution in [-0.4, -0.2) is 29.0 Å². The quantitative estimate of drug-likeness (QED) is 0.853. The molecular formula is C13H16INO2. The number of rotatable bonds is 4. The summed E-state index contributed by atoms with van der Waals surface area (Å²) in [5, 5.41) is 9.75. The Labute approximate surface area is 115 Å². The number of carbonyl (C=O) groups is 1. The van der Waals surface area contributed by atoms with Crippen LogP contribution in [0, 0.1) is 9.49 Å². The maximum Gasteiger partial charge on any atom is 0.257 e. The summed E-state index contributed by atoms with van der Waals surface area (Å²) >= 11 is 2.15. The summed E-state index contributed by atoms with van der Waals surface area (Å²) in [5.41, 5.74) is 0.416. The Bertz CT molecular complexity index is 429. The lowest BCUT2D eigenvalue weighted by Crippen LogP contribution is -2.32. The van der Waals surface area contributed by atoms with Crippen LogP contribution in [0.25, 0.3) is 0 Å². The van der Waals surface area contributed by atoms with E-state index in [0.29, 0.717) is 18.0 Å². The van der Waals surface area contributed by atoms with Gasteiger partial charge in [0.2, 0.25) is 0 Å². The molecule has 0 saturated heterocycles. The second kappa shape index (κ2) is 5.25. The van der Waals surface area contributed by atoms with Crippen LogP contribution in [0.4, 0.5) is 0 Å². The van der Waals surface area contributed by atoms with Gasteiger partial charge in [-0.3, -0.25) is 4.79 Å². The third kappa shape index (κ3) is 3.12. The molecular weight excluding hydrogens is 329 g/mol. The fourth-order valence-electron chi connectivity index (χ4n) is 1.82. The highest BCUT2D eigenvalue weighted by Crippen LogP contribution is 2.30. The highest BCUT2D eigenvalue weighted by Gasteiger charge is 2.27. The lowest BCUT2D eigenvalue weighted by Gasteiger charge is -2.21. The minimum absolute atomic E-state index is 0.0598. The average molecular weight is 345 g/mol. The van der Waals surface area contributed by atoms with E-state index < -0.39 is 0 Å². The molecule has 0 aliphatic heterocycles. The molecule has 1 aromatic carbocycles. The minimum Gasteiger partial charge on any atom is -0.507 e. The van der Waals surface area contributed by atoms with Crippen molar-refractivity contribution < 1.29 is 9.90 Å². The SMILES string of the molecule is CCN(CC1CC1)C(=O)c1cc(I)ccc1O. The molecule has 0 bridgehead atoms. The number of carbonyl (C=O) groups excluding carboxylic acids is 1. The van der Waals surface area contributed by atoms with Gasteiger partial charge in [-0.15, -0.1) is 0 Å². The Morgan fingerprint density at radius 2 is 2.24 bits per heavy atom. The van der Waals surface area contributed by atoms with Crippen LogP contribution < -0.4 is 0 Å². The van der Waals surface area contributed by atoms with Crippen LogP contribution in [0.2, 0.25) is 0 Å². The van der Waals surface area contributed by atoms with Crippen molar-refractivity contribution in [3.05, 3.63) is 27.3 Å². The van der Waals surface area contributed by atoms with Crippen LogP contribution in [0.1, 0.15) is 30.1 Å². The summed E-state index contributed by atoms with van der Waals surface area (Å²) in [6, 6.07) is 5.12. The Kier molecular flexibility index (Phi) is 3.91. The fraction of sp³-hybridized carbons (Fsp3) is 0.462. The molecule has 1 aliphatic rings. The van der Waals surface area contributed by atoms with Gasteiger partial charge in [0.1, 0.15) is 5.75 Å². The highest BCUT2D eigenvalue weighted by atomic mass is 127. The number of amides is 1. The van der Waals surface area contributed by atoms with Gasteiger partial charge in [0.05, 0.1) is 5.56 Å². The average Bonchev–Trinajstić information content (AvgIpc) is 3.12. The number of hydrogen-bond donors (Lipinski definition) is 1. The number of benzene rings is 1. The summed E-state index contributed by atoms with van der Waals surface area (Å²) in [7, 11) is 0. The predicted molar refractivity (Wildman–Crippen MR) is 75.1 cm³/mol. The van der Waals surface area contributed by atoms with Crippen molar-refractivity contribution in [3.63, 3.8) is 0 Å². The summed E-state index contributed by atoms with van der Waals surface area (Å²) in [4.78, 5) is 14.1. The second-order valence-electron chi connectivity index (χ2n) is 4.45. The smallest absolute Gasteiger partial charge is 0.257 e. The number of hydrogen-bond acceptors (Lipinski definition) is 2. The van der Waals surface area contributed by atoms with E-state index in [0.717, 1.165) is 10.1 Å². The van der Waals surface area contributed by atoms with Crippen molar-refractivity contribution in [1.29, 1.82) is 0 Å². The van der Waals surface area contributed by atoms with Crippen molar-refractivity contribution in [2.45, 2.75) is 19.8 Å². The van der Waals surface area contributed by atoms with Gasteiger partial charge in [-0.05, 0) is 66.5 Å². The van der Waals surface area contributed by atoms with Gasteiger partial charge in [0.15, 0.2) is 0 Å². The Morgan fingerprint density at radius 1 is 1.53 bits per heavy atom. The third-order valence-electron chi connectivity index (χ3n) is 3.03. The highest BCUT2D eigenvalue weighted by molar-refractivity contribution is 14.1. The third-order valence-corrected chi connectivity index (χ3v) is 3.70. The standard InChI is InChI=1S/C13H16INO2/c1-2-15(8-9-3-4-9)13(17)11-7-10(14)5-6-12(11)16/h5-7,9,16H,2-4,8H2,1H3. The first-order chi connectivity index (χ1) is 8.11. The normalized spacial score (nSPS) is 14.7. The second-order valence-corrected chi connectivity index (χ2v) is 5.69. The predicted octanol–water partition coefficient (Wildman–Crippen LogP) is 2.87. The fourth-order valence-corrected chi connectivity index (χ4v) is 2.31. The van der Waals surface area contributed by atoms with E-state index in [1.807, 2.05) is 11.8 Å². The largest absolute Gasteiger partial charge is 0.507 e. The van der Waals surface area contributed by atoms with E-state index in [2.05, 4.69) is 22.6 Å². The molecule has 1 amide bonds. The molecule has 0 radical (unpaired) electrons. The molecule has 1 N–H and O–H groups in total.